The maximum absolute atomic E-state index is 4.22. The van der Waals surface area contributed by atoms with Crippen LogP contribution in [0.5, 0.6) is 0 Å². The summed E-state index contributed by atoms with van der Waals surface area (Å²) in [7, 11) is 0. The minimum Gasteiger partial charge on any atom is -0.244 e. The molecule has 0 aliphatic rings. The van der Waals surface area contributed by atoms with Crippen LogP contribution in [0.2, 0.25) is 0 Å². The van der Waals surface area contributed by atoms with E-state index in [1.807, 2.05) is 12.5 Å². The van der Waals surface area contributed by atoms with Crippen LogP contribution in [0.15, 0.2) is 17.4 Å². The smallest absolute Gasteiger partial charge is 0.115 e. The van der Waals surface area contributed by atoms with Crippen molar-refractivity contribution in [2.24, 2.45) is 0 Å². The Hall–Kier alpha value is -0.570. The molecule has 3 heteroatoms. The molecule has 1 aromatic heterocycles. The minimum atomic E-state index is 0.487. The van der Waals surface area contributed by atoms with Gasteiger partial charge >= 0.3 is 0 Å². The van der Waals surface area contributed by atoms with E-state index in [0.717, 1.165) is 5.69 Å². The summed E-state index contributed by atoms with van der Waals surface area (Å²) < 4.78 is 0. The highest BCUT2D eigenvalue weighted by Crippen LogP contribution is 2.22. The van der Waals surface area contributed by atoms with E-state index in [0.29, 0.717) is 5.92 Å². The zero-order valence-electron chi connectivity index (χ0n) is 7.03. The van der Waals surface area contributed by atoms with E-state index in [-0.39, 0.29) is 0 Å². The van der Waals surface area contributed by atoms with Crippen LogP contribution >= 0.6 is 11.8 Å². The molecule has 0 saturated heterocycles. The van der Waals surface area contributed by atoms with E-state index in [9.17, 15) is 0 Å². The fourth-order valence-corrected chi connectivity index (χ4v) is 1.58. The first-order chi connectivity index (χ1) is 5.25. The number of thioether (sulfide) groups is 1. The Morgan fingerprint density at radius 1 is 1.45 bits per heavy atom. The van der Waals surface area contributed by atoms with E-state index in [1.54, 1.807) is 18.1 Å². The van der Waals surface area contributed by atoms with E-state index in [1.165, 1.54) is 4.90 Å². The van der Waals surface area contributed by atoms with Gasteiger partial charge in [0, 0.05) is 11.1 Å². The summed E-state index contributed by atoms with van der Waals surface area (Å²) >= 11 is 1.70. The molecule has 0 aliphatic carbocycles. The van der Waals surface area contributed by atoms with Gasteiger partial charge in [-0.1, -0.05) is 13.8 Å². The van der Waals surface area contributed by atoms with Crippen molar-refractivity contribution in [3.63, 3.8) is 0 Å². The Morgan fingerprint density at radius 3 is 2.64 bits per heavy atom. The van der Waals surface area contributed by atoms with Crippen molar-refractivity contribution in [1.82, 2.24) is 9.97 Å². The zero-order valence-corrected chi connectivity index (χ0v) is 7.85. The standard InChI is InChI=1S/C8H12N2S/c1-6(2)8-7(11-3)4-9-5-10-8/h4-6H,1-3H3. The van der Waals surface area contributed by atoms with Crippen molar-refractivity contribution < 1.29 is 0 Å². The third-order valence-electron chi connectivity index (χ3n) is 1.47. The largest absolute Gasteiger partial charge is 0.244 e. The number of hydrogen-bond donors (Lipinski definition) is 0. The summed E-state index contributed by atoms with van der Waals surface area (Å²) in [5.41, 5.74) is 1.15. The van der Waals surface area contributed by atoms with Crippen molar-refractivity contribution in [3.8, 4) is 0 Å². The average molecular weight is 168 g/mol. The molecule has 0 spiro atoms. The van der Waals surface area contributed by atoms with E-state index in [2.05, 4.69) is 23.8 Å². The summed E-state index contributed by atoms with van der Waals surface area (Å²) in [4.78, 5) is 9.37. The van der Waals surface area contributed by atoms with Crippen LogP contribution in [0.4, 0.5) is 0 Å². The van der Waals surface area contributed by atoms with Crippen LogP contribution in [0.1, 0.15) is 25.5 Å². The second kappa shape index (κ2) is 3.72. The Balaban J connectivity index is 3.02. The lowest BCUT2D eigenvalue weighted by atomic mass is 10.1. The topological polar surface area (TPSA) is 25.8 Å². The maximum atomic E-state index is 4.22. The molecule has 0 bridgehead atoms. The molecule has 11 heavy (non-hydrogen) atoms. The summed E-state index contributed by atoms with van der Waals surface area (Å²) in [6, 6.07) is 0. The highest BCUT2D eigenvalue weighted by Gasteiger charge is 2.05. The first-order valence-corrected chi connectivity index (χ1v) is 4.82. The normalized spacial score (nSPS) is 10.5. The molecule has 0 fully saturated rings. The molecule has 0 aliphatic heterocycles. The van der Waals surface area contributed by atoms with E-state index < -0.39 is 0 Å². The predicted octanol–water partition coefficient (Wildman–Crippen LogP) is 2.32. The molecule has 0 amide bonds. The number of rotatable bonds is 2. The molecule has 0 unspecified atom stereocenters. The van der Waals surface area contributed by atoms with Gasteiger partial charge in [-0.2, -0.15) is 0 Å². The van der Waals surface area contributed by atoms with Crippen molar-refractivity contribution >= 4 is 11.8 Å². The van der Waals surface area contributed by atoms with Crippen molar-refractivity contribution in [2.75, 3.05) is 6.26 Å². The van der Waals surface area contributed by atoms with Gasteiger partial charge in [-0.3, -0.25) is 0 Å². The molecule has 0 aromatic carbocycles. The Bertz CT molecular complexity index is 235. The number of hydrogen-bond acceptors (Lipinski definition) is 3. The maximum Gasteiger partial charge on any atom is 0.115 e. The highest BCUT2D eigenvalue weighted by molar-refractivity contribution is 7.98. The fraction of sp³-hybridized carbons (Fsp3) is 0.500. The second-order valence-corrected chi connectivity index (χ2v) is 3.48. The molecule has 1 heterocycles. The Labute approximate surface area is 71.5 Å². The fourth-order valence-electron chi connectivity index (χ4n) is 0.917. The van der Waals surface area contributed by atoms with Gasteiger partial charge in [-0.25, -0.2) is 9.97 Å². The lowest BCUT2D eigenvalue weighted by molar-refractivity contribution is 0.783. The average Bonchev–Trinajstić information content (AvgIpc) is 2.04. The summed E-state index contributed by atoms with van der Waals surface area (Å²) in [5.74, 6) is 0.487. The summed E-state index contributed by atoms with van der Waals surface area (Å²) in [6.45, 7) is 4.28. The summed E-state index contributed by atoms with van der Waals surface area (Å²) in [5, 5.41) is 0. The Kier molecular flexibility index (Phi) is 2.88. The quantitative estimate of drug-likeness (QED) is 0.634. The monoisotopic (exact) mass is 168 g/mol. The van der Waals surface area contributed by atoms with Gasteiger partial charge in [0.15, 0.2) is 0 Å². The molecule has 2 nitrogen and oxygen atoms in total. The Morgan fingerprint density at radius 2 is 2.18 bits per heavy atom. The van der Waals surface area contributed by atoms with Gasteiger partial charge in [0.25, 0.3) is 0 Å². The van der Waals surface area contributed by atoms with E-state index >= 15 is 0 Å². The van der Waals surface area contributed by atoms with Crippen LogP contribution in [-0.2, 0) is 0 Å². The molecular formula is C8H12N2S. The minimum absolute atomic E-state index is 0.487. The van der Waals surface area contributed by atoms with Crippen molar-refractivity contribution in [2.45, 2.75) is 24.7 Å². The van der Waals surface area contributed by atoms with E-state index in [4.69, 9.17) is 0 Å². The molecule has 60 valence electrons. The first-order valence-electron chi connectivity index (χ1n) is 3.59. The van der Waals surface area contributed by atoms with Crippen LogP contribution in [-0.4, -0.2) is 16.2 Å². The molecule has 0 N–H and O–H groups in total. The molecule has 0 radical (unpaired) electrons. The molecule has 1 rings (SSSR count). The molecule has 1 aromatic rings. The van der Waals surface area contributed by atoms with Gasteiger partial charge in [0.05, 0.1) is 5.69 Å². The van der Waals surface area contributed by atoms with Crippen LogP contribution in [0.25, 0.3) is 0 Å². The zero-order chi connectivity index (χ0) is 8.27. The number of nitrogens with zero attached hydrogens (tertiary/aromatic N) is 2. The predicted molar refractivity (Wildman–Crippen MR) is 47.9 cm³/mol. The van der Waals surface area contributed by atoms with Crippen LogP contribution in [0.3, 0.4) is 0 Å². The lowest BCUT2D eigenvalue weighted by Gasteiger charge is -2.06. The third kappa shape index (κ3) is 1.93. The van der Waals surface area contributed by atoms with Crippen molar-refractivity contribution in [1.29, 1.82) is 0 Å². The van der Waals surface area contributed by atoms with Gasteiger partial charge in [0.2, 0.25) is 0 Å². The lowest BCUT2D eigenvalue weighted by Crippen LogP contribution is -1.95. The first kappa shape index (κ1) is 8.53. The molecule has 0 atom stereocenters. The highest BCUT2D eigenvalue weighted by atomic mass is 32.2. The number of aromatic nitrogens is 2. The van der Waals surface area contributed by atoms with Gasteiger partial charge in [-0.15, -0.1) is 11.8 Å². The molecular weight excluding hydrogens is 156 g/mol. The SMILES string of the molecule is CSc1cncnc1C(C)C. The van der Waals surface area contributed by atoms with Crippen LogP contribution in [0, 0.1) is 0 Å². The second-order valence-electron chi connectivity index (χ2n) is 2.63. The third-order valence-corrected chi connectivity index (χ3v) is 2.23. The van der Waals surface area contributed by atoms with Crippen molar-refractivity contribution in [3.05, 3.63) is 18.2 Å². The summed E-state index contributed by atoms with van der Waals surface area (Å²) in [6.07, 6.45) is 5.52. The van der Waals surface area contributed by atoms with Crippen LogP contribution < -0.4 is 0 Å². The molecule has 0 saturated carbocycles. The van der Waals surface area contributed by atoms with Gasteiger partial charge in [-0.05, 0) is 12.2 Å². The van der Waals surface area contributed by atoms with Gasteiger partial charge in [0.1, 0.15) is 6.33 Å². The van der Waals surface area contributed by atoms with Gasteiger partial charge < -0.3 is 0 Å².